The molecule has 4 unspecified atom stereocenters. The third-order valence-corrected chi connectivity index (χ3v) is 5.06. The Hall–Kier alpha value is -3.12. The molecule has 1 aromatic carbocycles. The zero-order valence-electron chi connectivity index (χ0n) is 18.4. The summed E-state index contributed by atoms with van der Waals surface area (Å²) in [5.74, 6) is -5.70. The summed E-state index contributed by atoms with van der Waals surface area (Å²) in [4.78, 5) is 60.2. The van der Waals surface area contributed by atoms with E-state index in [1.807, 2.05) is 0 Å². The lowest BCUT2D eigenvalue weighted by Gasteiger charge is -2.26. The number of hydrogen-bond donors (Lipinski definition) is 7. The Bertz CT molecular complexity index is 850. The molecular weight excluding hydrogens is 452 g/mol. The van der Waals surface area contributed by atoms with Crippen LogP contribution in [0.1, 0.15) is 25.8 Å². The van der Waals surface area contributed by atoms with E-state index < -0.39 is 66.2 Å². The second-order valence-corrected chi connectivity index (χ2v) is 8.13. The largest absolute Gasteiger partial charge is 0.481 e. The van der Waals surface area contributed by atoms with Crippen LogP contribution in [0.5, 0.6) is 0 Å². The molecule has 4 atom stereocenters. The van der Waals surface area contributed by atoms with Gasteiger partial charge in [-0.3, -0.25) is 19.2 Å². The number of rotatable bonds is 13. The Balaban J connectivity index is 2.90. The summed E-state index contributed by atoms with van der Waals surface area (Å²) >= 11 is 3.87. The summed E-state index contributed by atoms with van der Waals surface area (Å²) in [6, 6.07) is 3.93. The third-order valence-electron chi connectivity index (χ3n) is 4.69. The molecule has 11 nitrogen and oxygen atoms in total. The number of aliphatic carboxylic acids is 2. The highest BCUT2D eigenvalue weighted by Crippen LogP contribution is 2.06. The summed E-state index contributed by atoms with van der Waals surface area (Å²) in [6.45, 7) is 3.23. The van der Waals surface area contributed by atoms with Crippen LogP contribution in [0.3, 0.4) is 0 Å². The Labute approximate surface area is 196 Å². The van der Waals surface area contributed by atoms with E-state index in [-0.39, 0.29) is 12.2 Å². The van der Waals surface area contributed by atoms with E-state index in [4.69, 9.17) is 15.9 Å². The van der Waals surface area contributed by atoms with Gasteiger partial charge < -0.3 is 31.9 Å². The maximum absolute atomic E-state index is 12.8. The van der Waals surface area contributed by atoms with Crippen molar-refractivity contribution in [1.82, 2.24) is 16.0 Å². The molecule has 33 heavy (non-hydrogen) atoms. The lowest BCUT2D eigenvalue weighted by molar-refractivity contribution is -0.143. The van der Waals surface area contributed by atoms with E-state index in [9.17, 15) is 24.0 Å². The van der Waals surface area contributed by atoms with Crippen molar-refractivity contribution in [2.75, 3.05) is 5.75 Å². The average molecular weight is 483 g/mol. The summed E-state index contributed by atoms with van der Waals surface area (Å²) in [5, 5.41) is 25.3. The number of nitrogens with one attached hydrogen (secondary N) is 3. The number of benzene rings is 1. The standard InChI is InChI=1S/C21H30N4O7S/c1-11(2)17(20(30)24-15(10-33)21(31)32)25-19(29)14(9-16(26)27)23-18(28)13(22)8-12-6-4-3-5-7-12/h3-7,11,13-15,17,33H,8-10,22H2,1-2H3,(H,23,28)(H,24,30)(H,25,29)(H,26,27)(H,31,32). The topological polar surface area (TPSA) is 188 Å². The summed E-state index contributed by atoms with van der Waals surface area (Å²) in [7, 11) is 0. The molecule has 0 fully saturated rings. The molecule has 182 valence electrons. The fourth-order valence-corrected chi connectivity index (χ4v) is 3.11. The van der Waals surface area contributed by atoms with Crippen molar-refractivity contribution in [3.63, 3.8) is 0 Å². The van der Waals surface area contributed by atoms with Crippen LogP contribution in [0.15, 0.2) is 30.3 Å². The van der Waals surface area contributed by atoms with E-state index in [0.717, 1.165) is 5.56 Å². The van der Waals surface area contributed by atoms with Gasteiger partial charge in [-0.25, -0.2) is 4.79 Å². The van der Waals surface area contributed by atoms with Gasteiger partial charge >= 0.3 is 11.9 Å². The van der Waals surface area contributed by atoms with Gasteiger partial charge in [-0.1, -0.05) is 44.2 Å². The Morgan fingerprint density at radius 3 is 1.97 bits per heavy atom. The van der Waals surface area contributed by atoms with Gasteiger partial charge in [0.05, 0.1) is 12.5 Å². The lowest BCUT2D eigenvalue weighted by atomic mass is 10.0. The SMILES string of the molecule is CC(C)C(NC(=O)C(CC(=O)O)NC(=O)C(N)Cc1ccccc1)C(=O)NC(CS)C(=O)O. The highest BCUT2D eigenvalue weighted by molar-refractivity contribution is 7.80. The third kappa shape index (κ3) is 9.49. The van der Waals surface area contributed by atoms with Crippen molar-refractivity contribution >= 4 is 42.3 Å². The van der Waals surface area contributed by atoms with Crippen molar-refractivity contribution in [3.8, 4) is 0 Å². The molecule has 0 aromatic heterocycles. The van der Waals surface area contributed by atoms with Crippen LogP contribution in [0.2, 0.25) is 0 Å². The number of nitrogens with two attached hydrogens (primary N) is 1. The minimum Gasteiger partial charge on any atom is -0.481 e. The van der Waals surface area contributed by atoms with Gasteiger partial charge in [-0.15, -0.1) is 0 Å². The van der Waals surface area contributed by atoms with E-state index in [1.165, 1.54) is 0 Å². The molecule has 3 amide bonds. The number of carbonyl (C=O) groups excluding carboxylic acids is 3. The van der Waals surface area contributed by atoms with Crippen molar-refractivity contribution in [1.29, 1.82) is 0 Å². The number of carbonyl (C=O) groups is 5. The van der Waals surface area contributed by atoms with Gasteiger partial charge in [0.1, 0.15) is 18.1 Å². The zero-order chi connectivity index (χ0) is 25.1. The molecule has 0 saturated carbocycles. The van der Waals surface area contributed by atoms with Gasteiger partial charge in [0.2, 0.25) is 17.7 Å². The van der Waals surface area contributed by atoms with Gasteiger partial charge in [0, 0.05) is 5.75 Å². The lowest BCUT2D eigenvalue weighted by Crippen LogP contribution is -2.59. The van der Waals surface area contributed by atoms with Gasteiger partial charge in [-0.05, 0) is 17.9 Å². The van der Waals surface area contributed by atoms with E-state index in [0.29, 0.717) is 0 Å². The second kappa shape index (κ2) is 13.4. The number of amides is 3. The second-order valence-electron chi connectivity index (χ2n) is 7.77. The molecule has 0 spiro atoms. The molecule has 0 radical (unpaired) electrons. The van der Waals surface area contributed by atoms with Crippen LogP contribution in [0.4, 0.5) is 0 Å². The number of hydrogen-bond acceptors (Lipinski definition) is 7. The first kappa shape index (κ1) is 27.9. The molecule has 0 aliphatic carbocycles. The van der Waals surface area contributed by atoms with E-state index in [2.05, 4.69) is 28.6 Å². The van der Waals surface area contributed by atoms with Crippen LogP contribution in [0.25, 0.3) is 0 Å². The average Bonchev–Trinajstić information content (AvgIpc) is 2.74. The van der Waals surface area contributed by atoms with Gasteiger partial charge in [0.25, 0.3) is 0 Å². The van der Waals surface area contributed by atoms with Crippen molar-refractivity contribution < 1.29 is 34.2 Å². The molecule has 0 bridgehead atoms. The van der Waals surface area contributed by atoms with Crippen molar-refractivity contribution in [3.05, 3.63) is 35.9 Å². The van der Waals surface area contributed by atoms with Crippen LogP contribution in [0, 0.1) is 5.92 Å². The molecule has 7 N–H and O–H groups in total. The maximum Gasteiger partial charge on any atom is 0.327 e. The van der Waals surface area contributed by atoms with Crippen LogP contribution in [-0.2, 0) is 30.4 Å². The number of thiol groups is 1. The quantitative estimate of drug-likeness (QED) is 0.177. The number of carboxylic acid groups (broad SMARTS) is 2. The molecule has 0 aliphatic heterocycles. The zero-order valence-corrected chi connectivity index (χ0v) is 19.2. The smallest absolute Gasteiger partial charge is 0.327 e. The van der Waals surface area contributed by atoms with Gasteiger partial charge in [0.15, 0.2) is 0 Å². The summed E-state index contributed by atoms with van der Waals surface area (Å²) < 4.78 is 0. The van der Waals surface area contributed by atoms with Crippen LogP contribution < -0.4 is 21.7 Å². The molecule has 12 heteroatoms. The Morgan fingerprint density at radius 1 is 0.909 bits per heavy atom. The molecule has 0 saturated heterocycles. The molecule has 0 aliphatic rings. The number of carboxylic acids is 2. The first-order valence-electron chi connectivity index (χ1n) is 10.2. The van der Waals surface area contributed by atoms with Gasteiger partial charge in [-0.2, -0.15) is 12.6 Å². The molecule has 1 aromatic rings. The summed E-state index contributed by atoms with van der Waals surface area (Å²) in [5.41, 5.74) is 6.69. The Morgan fingerprint density at radius 2 is 1.48 bits per heavy atom. The highest BCUT2D eigenvalue weighted by atomic mass is 32.1. The minimum atomic E-state index is -1.49. The van der Waals surface area contributed by atoms with E-state index in [1.54, 1.807) is 44.2 Å². The monoisotopic (exact) mass is 482 g/mol. The molecular formula is C21H30N4O7S. The molecule has 0 heterocycles. The predicted molar refractivity (Wildman–Crippen MR) is 122 cm³/mol. The first-order chi connectivity index (χ1) is 15.5. The van der Waals surface area contributed by atoms with E-state index >= 15 is 0 Å². The minimum absolute atomic E-state index is 0.170. The van der Waals surface area contributed by atoms with Crippen molar-refractivity contribution in [2.24, 2.45) is 11.7 Å². The van der Waals surface area contributed by atoms with Crippen LogP contribution >= 0.6 is 12.6 Å². The fraction of sp³-hybridized carbons (Fsp3) is 0.476. The highest BCUT2D eigenvalue weighted by Gasteiger charge is 2.32. The maximum atomic E-state index is 12.8. The van der Waals surface area contributed by atoms with Crippen molar-refractivity contribution in [2.45, 2.75) is 50.9 Å². The predicted octanol–water partition coefficient (Wildman–Crippen LogP) is -0.844. The first-order valence-corrected chi connectivity index (χ1v) is 10.9. The Kier molecular flexibility index (Phi) is 11.4. The summed E-state index contributed by atoms with van der Waals surface area (Å²) in [6.07, 6.45) is -0.568. The van der Waals surface area contributed by atoms with Crippen LogP contribution in [-0.4, -0.2) is 69.8 Å². The molecule has 1 rings (SSSR count). The fourth-order valence-electron chi connectivity index (χ4n) is 2.86. The normalized spacial score (nSPS) is 14.5.